The summed E-state index contributed by atoms with van der Waals surface area (Å²) in [6.45, 7) is 0.464. The summed E-state index contributed by atoms with van der Waals surface area (Å²) in [4.78, 5) is 11.8. The molecule has 0 radical (unpaired) electrons. The van der Waals surface area contributed by atoms with E-state index in [4.69, 9.17) is 0 Å². The zero-order valence-corrected chi connectivity index (χ0v) is 15.7. The summed E-state index contributed by atoms with van der Waals surface area (Å²) in [5.74, 6) is 0. The Bertz CT molecular complexity index is 870. The van der Waals surface area contributed by atoms with Gasteiger partial charge in [-0.1, -0.05) is 30.3 Å². The van der Waals surface area contributed by atoms with Gasteiger partial charge < -0.3 is 10.2 Å². The van der Waals surface area contributed by atoms with Gasteiger partial charge in [-0.15, -0.1) is 0 Å². The molecule has 0 aliphatic heterocycles. The molecule has 1 atom stereocenters. The second kappa shape index (κ2) is 8.26. The van der Waals surface area contributed by atoms with Crippen LogP contribution in [0.1, 0.15) is 11.6 Å². The summed E-state index contributed by atoms with van der Waals surface area (Å²) in [6.07, 6.45) is 0. The molecule has 0 saturated heterocycles. The first-order valence-corrected chi connectivity index (χ1v) is 9.55. The molecule has 0 spiro atoms. The fourth-order valence-corrected chi connectivity index (χ4v) is 3.40. The lowest BCUT2D eigenvalue weighted by atomic mass is 10.1. The number of anilines is 1. The molecule has 9 heteroatoms. The molecule has 3 N–H and O–H groups in total. The molecule has 0 aliphatic rings. The van der Waals surface area contributed by atoms with Crippen molar-refractivity contribution in [2.45, 2.75) is 10.9 Å². The van der Waals surface area contributed by atoms with Gasteiger partial charge >= 0.3 is 0 Å². The Morgan fingerprint density at radius 1 is 1.15 bits per heavy atom. The number of quaternary nitrogens is 1. The third kappa shape index (κ3) is 4.57. The number of nitro groups is 1. The molecule has 0 bridgehead atoms. The first-order valence-electron chi connectivity index (χ1n) is 8.07. The van der Waals surface area contributed by atoms with Crippen molar-refractivity contribution in [3.05, 3.63) is 64.2 Å². The number of nitrogens with one attached hydrogen (secondary N) is 3. The van der Waals surface area contributed by atoms with E-state index in [0.29, 0.717) is 6.54 Å². The molecule has 2 aromatic rings. The zero-order valence-electron chi connectivity index (χ0n) is 14.9. The minimum absolute atomic E-state index is 0.0801. The van der Waals surface area contributed by atoms with Gasteiger partial charge in [0.25, 0.3) is 5.69 Å². The smallest absolute Gasteiger partial charge is 0.293 e. The number of benzene rings is 2. The standard InChI is InChI=1S/C17H22N4O4S/c1-18-26(24,25)14-9-10-15(16(11-14)21(22)23)19-12-17(20(2)3)13-7-5-4-6-8-13/h4-11,17-19H,12H2,1-3H3/p+1/t17-/m0/s1. The van der Waals surface area contributed by atoms with Gasteiger partial charge in [-0.3, -0.25) is 10.1 Å². The lowest BCUT2D eigenvalue weighted by molar-refractivity contribution is -0.890. The number of sulfonamides is 1. The Morgan fingerprint density at radius 3 is 2.35 bits per heavy atom. The molecule has 140 valence electrons. The van der Waals surface area contributed by atoms with Crippen LogP contribution in [0.4, 0.5) is 11.4 Å². The molecule has 0 fully saturated rings. The van der Waals surface area contributed by atoms with E-state index in [9.17, 15) is 18.5 Å². The van der Waals surface area contributed by atoms with Crippen molar-refractivity contribution in [2.75, 3.05) is 33.0 Å². The summed E-state index contributed by atoms with van der Waals surface area (Å²) in [6, 6.07) is 13.8. The van der Waals surface area contributed by atoms with Crippen LogP contribution in [0.2, 0.25) is 0 Å². The van der Waals surface area contributed by atoms with Crippen LogP contribution in [0.5, 0.6) is 0 Å². The van der Waals surface area contributed by atoms with E-state index in [0.717, 1.165) is 11.6 Å². The topological polar surface area (TPSA) is 106 Å². The van der Waals surface area contributed by atoms with Gasteiger partial charge in [0.1, 0.15) is 11.7 Å². The molecule has 2 aromatic carbocycles. The van der Waals surface area contributed by atoms with E-state index < -0.39 is 14.9 Å². The van der Waals surface area contributed by atoms with Crippen LogP contribution >= 0.6 is 0 Å². The highest BCUT2D eigenvalue weighted by Gasteiger charge is 2.23. The van der Waals surface area contributed by atoms with E-state index in [1.54, 1.807) is 0 Å². The van der Waals surface area contributed by atoms with Gasteiger partial charge in [-0.2, -0.15) is 0 Å². The Hall–Kier alpha value is -2.49. The van der Waals surface area contributed by atoms with Crippen LogP contribution in [0.25, 0.3) is 0 Å². The van der Waals surface area contributed by atoms with Gasteiger partial charge in [0.15, 0.2) is 0 Å². The Labute approximate surface area is 153 Å². The number of hydrogen-bond acceptors (Lipinski definition) is 5. The van der Waals surface area contributed by atoms with Crippen molar-refractivity contribution in [1.29, 1.82) is 0 Å². The molecule has 0 heterocycles. The molecule has 0 aliphatic carbocycles. The molecular formula is C17H23N4O4S+. The zero-order chi connectivity index (χ0) is 19.3. The van der Waals surface area contributed by atoms with Crippen molar-refractivity contribution in [2.24, 2.45) is 0 Å². The van der Waals surface area contributed by atoms with Gasteiger partial charge in [0.05, 0.1) is 30.5 Å². The van der Waals surface area contributed by atoms with Gasteiger partial charge in [0, 0.05) is 11.6 Å². The molecule has 0 aromatic heterocycles. The van der Waals surface area contributed by atoms with E-state index in [2.05, 4.69) is 10.0 Å². The number of nitro benzene ring substituents is 1. The average Bonchev–Trinajstić information content (AvgIpc) is 2.62. The normalized spacial score (nSPS) is 12.8. The monoisotopic (exact) mass is 379 g/mol. The third-order valence-electron chi connectivity index (χ3n) is 4.14. The lowest BCUT2D eigenvalue weighted by Crippen LogP contribution is -3.06. The van der Waals surface area contributed by atoms with Crippen LogP contribution in [-0.2, 0) is 10.0 Å². The second-order valence-corrected chi connectivity index (χ2v) is 7.95. The molecule has 0 unspecified atom stereocenters. The van der Waals surface area contributed by atoms with E-state index in [1.165, 1.54) is 24.1 Å². The average molecular weight is 379 g/mol. The van der Waals surface area contributed by atoms with Crippen LogP contribution < -0.4 is 14.9 Å². The maximum atomic E-state index is 11.9. The maximum absolute atomic E-state index is 11.9. The molecule has 2 rings (SSSR count). The molecular weight excluding hydrogens is 356 g/mol. The second-order valence-electron chi connectivity index (χ2n) is 6.07. The fraction of sp³-hybridized carbons (Fsp3) is 0.294. The first-order chi connectivity index (χ1) is 12.3. The quantitative estimate of drug-likeness (QED) is 0.465. The van der Waals surface area contributed by atoms with E-state index in [1.807, 2.05) is 44.4 Å². The van der Waals surface area contributed by atoms with Crippen molar-refractivity contribution < 1.29 is 18.2 Å². The summed E-state index contributed by atoms with van der Waals surface area (Å²) < 4.78 is 25.9. The van der Waals surface area contributed by atoms with Crippen LogP contribution in [0.15, 0.2) is 53.4 Å². The number of likely N-dealkylation sites (N-methyl/N-ethyl adjacent to an activating group) is 1. The third-order valence-corrected chi connectivity index (χ3v) is 5.55. The van der Waals surface area contributed by atoms with Gasteiger partial charge in [-0.05, 0) is 19.2 Å². The van der Waals surface area contributed by atoms with Crippen molar-refractivity contribution >= 4 is 21.4 Å². The highest BCUT2D eigenvalue weighted by molar-refractivity contribution is 7.89. The van der Waals surface area contributed by atoms with Crippen molar-refractivity contribution in [3.8, 4) is 0 Å². The minimum Gasteiger partial charge on any atom is -0.373 e. The van der Waals surface area contributed by atoms with Crippen molar-refractivity contribution in [3.63, 3.8) is 0 Å². The van der Waals surface area contributed by atoms with Gasteiger partial charge in [0.2, 0.25) is 10.0 Å². The first kappa shape index (κ1) is 19.8. The predicted molar refractivity (Wildman–Crippen MR) is 99.8 cm³/mol. The fourth-order valence-electron chi connectivity index (χ4n) is 2.65. The SMILES string of the molecule is CNS(=O)(=O)c1ccc(NC[C@@H](c2ccccc2)[NH+](C)C)c([N+](=O)[O-])c1. The maximum Gasteiger partial charge on any atom is 0.293 e. The molecule has 8 nitrogen and oxygen atoms in total. The van der Waals surface area contributed by atoms with Gasteiger partial charge in [-0.25, -0.2) is 13.1 Å². The van der Waals surface area contributed by atoms with Crippen LogP contribution in [0.3, 0.4) is 0 Å². The highest BCUT2D eigenvalue weighted by Crippen LogP contribution is 2.28. The van der Waals surface area contributed by atoms with Crippen molar-refractivity contribution in [1.82, 2.24) is 4.72 Å². The largest absolute Gasteiger partial charge is 0.373 e. The lowest BCUT2D eigenvalue weighted by Gasteiger charge is -2.22. The molecule has 0 saturated carbocycles. The number of rotatable bonds is 8. The minimum atomic E-state index is -3.75. The summed E-state index contributed by atoms with van der Waals surface area (Å²) in [5.41, 5.74) is 1.12. The van der Waals surface area contributed by atoms with Crippen LogP contribution in [-0.4, -0.2) is 41.0 Å². The Kier molecular flexibility index (Phi) is 6.30. The molecule has 0 amide bonds. The summed E-state index contributed by atoms with van der Waals surface area (Å²) in [5, 5.41) is 14.5. The van der Waals surface area contributed by atoms with Crippen LogP contribution in [0, 0.1) is 10.1 Å². The number of hydrogen-bond donors (Lipinski definition) is 3. The number of nitrogens with zero attached hydrogens (tertiary/aromatic N) is 1. The van der Waals surface area contributed by atoms with E-state index in [-0.39, 0.29) is 22.3 Å². The Balaban J connectivity index is 2.29. The van der Waals surface area contributed by atoms with E-state index >= 15 is 0 Å². The highest BCUT2D eigenvalue weighted by atomic mass is 32.2. The summed E-state index contributed by atoms with van der Waals surface area (Å²) >= 11 is 0. The molecule has 26 heavy (non-hydrogen) atoms. The summed E-state index contributed by atoms with van der Waals surface area (Å²) in [7, 11) is 1.54. The Morgan fingerprint density at radius 2 is 1.81 bits per heavy atom. The predicted octanol–water partition coefficient (Wildman–Crippen LogP) is 0.801.